The molecule has 2 aliphatic rings. The third kappa shape index (κ3) is 5.66. The molecule has 5 rings (SSSR count). The van der Waals surface area contributed by atoms with Gasteiger partial charge >= 0.3 is 12.1 Å². The van der Waals surface area contributed by atoms with Crippen molar-refractivity contribution >= 4 is 40.6 Å². The number of hydrogen-bond donors (Lipinski definition) is 2. The summed E-state index contributed by atoms with van der Waals surface area (Å²) in [7, 11) is 0. The molecule has 208 valence electrons. The molecule has 3 aromatic rings. The van der Waals surface area contributed by atoms with Crippen molar-refractivity contribution in [3.8, 4) is 5.75 Å². The number of imide groups is 1. The predicted octanol–water partition coefficient (Wildman–Crippen LogP) is 3.33. The zero-order chi connectivity index (χ0) is 28.6. The van der Waals surface area contributed by atoms with Gasteiger partial charge in [-0.3, -0.25) is 9.59 Å². The van der Waals surface area contributed by atoms with Gasteiger partial charge in [-0.25, -0.2) is 19.4 Å². The highest BCUT2D eigenvalue weighted by Gasteiger charge is 2.40. The summed E-state index contributed by atoms with van der Waals surface area (Å²) in [6.07, 6.45) is -2.35. The fourth-order valence-electron chi connectivity index (χ4n) is 4.28. The quantitative estimate of drug-likeness (QED) is 0.317. The average Bonchev–Trinajstić information content (AvgIpc) is 3.11. The summed E-state index contributed by atoms with van der Waals surface area (Å²) in [6.45, 7) is 5.53. The van der Waals surface area contributed by atoms with Crippen molar-refractivity contribution in [2.75, 3.05) is 25.0 Å². The molecule has 1 atom stereocenters. The van der Waals surface area contributed by atoms with Crippen LogP contribution in [0.15, 0.2) is 54.6 Å². The van der Waals surface area contributed by atoms with Crippen LogP contribution in [0.1, 0.15) is 41.5 Å². The van der Waals surface area contributed by atoms with E-state index in [1.165, 1.54) is 17.0 Å². The van der Waals surface area contributed by atoms with Gasteiger partial charge in [0.05, 0.1) is 22.7 Å². The Morgan fingerprint density at radius 3 is 2.35 bits per heavy atom. The van der Waals surface area contributed by atoms with E-state index in [0.717, 1.165) is 5.39 Å². The summed E-state index contributed by atoms with van der Waals surface area (Å²) < 4.78 is 11.3. The van der Waals surface area contributed by atoms with Crippen molar-refractivity contribution in [3.05, 3.63) is 65.7 Å². The molecule has 0 spiro atoms. The van der Waals surface area contributed by atoms with Crippen molar-refractivity contribution in [2.45, 2.75) is 38.5 Å². The molecular formula is C28H28N4O8. The Balaban J connectivity index is 1.27. The van der Waals surface area contributed by atoms with Crippen LogP contribution in [0.3, 0.4) is 0 Å². The summed E-state index contributed by atoms with van der Waals surface area (Å²) in [6, 6.07) is 15.1. The van der Waals surface area contributed by atoms with Crippen molar-refractivity contribution in [3.63, 3.8) is 0 Å². The van der Waals surface area contributed by atoms with Crippen molar-refractivity contribution < 1.29 is 38.6 Å². The molecule has 0 aliphatic carbocycles. The first-order chi connectivity index (χ1) is 19.0. The number of ether oxygens (including phenoxy) is 2. The molecule has 0 saturated carbocycles. The number of aromatic nitrogens is 1. The lowest BCUT2D eigenvalue weighted by atomic mass is 10.1. The van der Waals surface area contributed by atoms with E-state index in [4.69, 9.17) is 19.4 Å². The number of hydroxylamine groups is 2. The summed E-state index contributed by atoms with van der Waals surface area (Å²) in [5.41, 5.74) is 0.206. The molecule has 0 bridgehead atoms. The first-order valence-electron chi connectivity index (χ1n) is 12.6. The normalized spacial score (nSPS) is 16.0. The zero-order valence-corrected chi connectivity index (χ0v) is 22.1. The second-order valence-electron chi connectivity index (χ2n) is 10.5. The molecule has 2 aromatic carbocycles. The number of carbonyl (C=O) groups is 4. The Kier molecular flexibility index (Phi) is 7.03. The van der Waals surface area contributed by atoms with Crippen LogP contribution < -0.4 is 10.1 Å². The Morgan fingerprint density at radius 1 is 1.05 bits per heavy atom. The van der Waals surface area contributed by atoms with Gasteiger partial charge in [-0.15, -0.1) is 5.06 Å². The topological polar surface area (TPSA) is 148 Å². The van der Waals surface area contributed by atoms with Crippen LogP contribution in [0.25, 0.3) is 10.9 Å². The Bertz CT molecular complexity index is 1460. The summed E-state index contributed by atoms with van der Waals surface area (Å²) in [5, 5.41) is 13.5. The summed E-state index contributed by atoms with van der Waals surface area (Å²) >= 11 is 0. The highest BCUT2D eigenvalue weighted by atomic mass is 16.7. The van der Waals surface area contributed by atoms with Gasteiger partial charge in [-0.05, 0) is 63.2 Å². The van der Waals surface area contributed by atoms with Gasteiger partial charge in [0.1, 0.15) is 23.8 Å². The zero-order valence-electron chi connectivity index (χ0n) is 22.1. The molecule has 12 nitrogen and oxygen atoms in total. The molecule has 3 heterocycles. The van der Waals surface area contributed by atoms with Crippen molar-refractivity contribution in [2.24, 2.45) is 0 Å². The third-order valence-corrected chi connectivity index (χ3v) is 6.23. The standard InChI is InChI=1S/C28H28N4O8/c1-28(2,3)39-26(35)22(40-32-24(33)19-6-4-5-7-20(19)25(32)34)15-38-18-9-10-21-16(12-18)8-11-23(30-21)29-17-13-31(14-17)27(36)37/h4-12,17,22H,13-15H2,1-3H3,(H,29,30)(H,36,37)/t22-/m0/s1. The molecule has 3 amide bonds. The van der Waals surface area contributed by atoms with Crippen LogP contribution in [-0.4, -0.2) is 81.4 Å². The van der Waals surface area contributed by atoms with Crippen molar-refractivity contribution in [1.82, 2.24) is 14.9 Å². The van der Waals surface area contributed by atoms with E-state index in [9.17, 15) is 19.2 Å². The summed E-state index contributed by atoms with van der Waals surface area (Å²) in [5.74, 6) is -1.11. The average molecular weight is 549 g/mol. The Hall–Kier alpha value is -4.71. The van der Waals surface area contributed by atoms with Gasteiger partial charge in [0.2, 0.25) is 6.10 Å². The van der Waals surface area contributed by atoms with Gasteiger partial charge in [-0.1, -0.05) is 12.1 Å². The van der Waals surface area contributed by atoms with E-state index < -0.39 is 35.6 Å². The minimum atomic E-state index is -1.41. The fourth-order valence-corrected chi connectivity index (χ4v) is 4.28. The second kappa shape index (κ2) is 10.5. The SMILES string of the molecule is CC(C)(C)OC(=O)[C@H](COc1ccc2nc(NC3CN(C(=O)O)C3)ccc2c1)ON1C(=O)c2ccccc2C1=O. The van der Waals surface area contributed by atoms with Crippen molar-refractivity contribution in [1.29, 1.82) is 0 Å². The number of carbonyl (C=O) groups excluding carboxylic acids is 3. The minimum Gasteiger partial charge on any atom is -0.490 e. The maximum Gasteiger partial charge on any atom is 0.407 e. The van der Waals surface area contributed by atoms with Gasteiger partial charge in [0.15, 0.2) is 0 Å². The number of likely N-dealkylation sites (tertiary alicyclic amines) is 1. The second-order valence-corrected chi connectivity index (χ2v) is 10.5. The highest BCUT2D eigenvalue weighted by molar-refractivity contribution is 6.20. The molecule has 1 fully saturated rings. The van der Waals surface area contributed by atoms with Crippen LogP contribution in [0.4, 0.5) is 10.6 Å². The van der Waals surface area contributed by atoms with E-state index >= 15 is 0 Å². The van der Waals surface area contributed by atoms with Gasteiger partial charge in [-0.2, -0.15) is 0 Å². The number of carboxylic acid groups (broad SMARTS) is 1. The largest absolute Gasteiger partial charge is 0.490 e. The third-order valence-electron chi connectivity index (χ3n) is 6.23. The monoisotopic (exact) mass is 548 g/mol. The maximum absolute atomic E-state index is 13.0. The van der Waals surface area contributed by atoms with Gasteiger partial charge < -0.3 is 24.8 Å². The molecule has 12 heteroatoms. The molecule has 0 unspecified atom stereocenters. The number of benzene rings is 2. The number of nitrogens with one attached hydrogen (secondary N) is 1. The number of esters is 1. The van der Waals surface area contributed by atoms with Crippen LogP contribution in [0, 0.1) is 0 Å². The summed E-state index contributed by atoms with van der Waals surface area (Å²) in [4.78, 5) is 60.9. The van der Waals surface area contributed by atoms with E-state index in [1.54, 1.807) is 57.2 Å². The minimum absolute atomic E-state index is 0.00407. The van der Waals surface area contributed by atoms with Crippen LogP contribution in [-0.2, 0) is 14.4 Å². The Morgan fingerprint density at radius 2 is 1.73 bits per heavy atom. The van der Waals surface area contributed by atoms with E-state index in [2.05, 4.69) is 10.3 Å². The number of anilines is 1. The number of rotatable bonds is 8. The van der Waals surface area contributed by atoms with Gasteiger partial charge in [0, 0.05) is 18.5 Å². The number of amides is 3. The first kappa shape index (κ1) is 26.9. The lowest BCUT2D eigenvalue weighted by molar-refractivity contribution is -0.193. The van der Waals surface area contributed by atoms with E-state index in [1.807, 2.05) is 6.07 Å². The fraction of sp³-hybridized carbons (Fsp3) is 0.321. The van der Waals surface area contributed by atoms with Crippen LogP contribution in [0.2, 0.25) is 0 Å². The maximum atomic E-state index is 13.0. The first-order valence-corrected chi connectivity index (χ1v) is 12.6. The molecule has 1 saturated heterocycles. The van der Waals surface area contributed by atoms with E-state index in [0.29, 0.717) is 35.2 Å². The predicted molar refractivity (Wildman–Crippen MR) is 142 cm³/mol. The molecule has 0 radical (unpaired) electrons. The number of pyridine rings is 1. The molecule has 2 N–H and O–H groups in total. The molecular weight excluding hydrogens is 520 g/mol. The number of fused-ring (bicyclic) bond motifs is 2. The Labute approximate surface area is 229 Å². The van der Waals surface area contributed by atoms with Crippen LogP contribution in [0.5, 0.6) is 5.75 Å². The number of nitrogens with zero attached hydrogens (tertiary/aromatic N) is 3. The van der Waals surface area contributed by atoms with Gasteiger partial charge in [0.25, 0.3) is 11.8 Å². The lowest BCUT2D eigenvalue weighted by Crippen LogP contribution is -2.56. The van der Waals surface area contributed by atoms with Crippen LogP contribution >= 0.6 is 0 Å². The molecule has 40 heavy (non-hydrogen) atoms. The lowest BCUT2D eigenvalue weighted by Gasteiger charge is -2.37. The van der Waals surface area contributed by atoms with E-state index in [-0.39, 0.29) is 23.8 Å². The molecule has 1 aromatic heterocycles. The molecule has 2 aliphatic heterocycles. The highest BCUT2D eigenvalue weighted by Crippen LogP contribution is 2.26. The smallest absolute Gasteiger partial charge is 0.407 e. The number of hydrogen-bond acceptors (Lipinski definition) is 9.